The number of nitrogens with zero attached hydrogens (tertiary/aromatic N) is 3. The molecule has 1 aromatic rings. The maximum Gasteiger partial charge on any atom is 0.0867 e. The lowest BCUT2D eigenvalue weighted by Crippen LogP contribution is -2.29. The van der Waals surface area contributed by atoms with Gasteiger partial charge in [0.2, 0.25) is 0 Å². The summed E-state index contributed by atoms with van der Waals surface area (Å²) in [5.41, 5.74) is 9.45. The van der Waals surface area contributed by atoms with Crippen LogP contribution in [0.2, 0.25) is 0 Å². The molecular weight excluding hydrogens is 218 g/mol. The number of ether oxygens (including phenoxy) is 1. The number of aliphatic hydroxyl groups excluding tert-OH is 1. The minimum atomic E-state index is -0.520. The highest BCUT2D eigenvalue weighted by Crippen LogP contribution is 2.11. The molecule has 0 spiro atoms. The first-order valence-electron chi connectivity index (χ1n) is 5.62. The molecule has 5 nitrogen and oxygen atoms in total. The molecule has 0 radical (unpaired) electrons. The number of hydrogen-bond acceptors (Lipinski definition) is 3. The number of aliphatic hydroxyl groups is 1. The van der Waals surface area contributed by atoms with E-state index in [0.29, 0.717) is 13.0 Å². The molecule has 0 aliphatic carbocycles. The van der Waals surface area contributed by atoms with Crippen LogP contribution in [0.4, 0.5) is 0 Å². The molecule has 1 aromatic carbocycles. The first kappa shape index (κ1) is 13.5. The Hall–Kier alpha value is -1.55. The van der Waals surface area contributed by atoms with Gasteiger partial charge in [0.1, 0.15) is 0 Å². The Morgan fingerprint density at radius 1 is 1.41 bits per heavy atom. The lowest BCUT2D eigenvalue weighted by molar-refractivity contribution is 0.00850. The van der Waals surface area contributed by atoms with E-state index in [9.17, 15) is 0 Å². The van der Waals surface area contributed by atoms with Gasteiger partial charge in [-0.2, -0.15) is 0 Å². The lowest BCUT2D eigenvalue weighted by atomic mass is 10.1. The van der Waals surface area contributed by atoms with Crippen LogP contribution in [0.15, 0.2) is 35.4 Å². The molecule has 17 heavy (non-hydrogen) atoms. The summed E-state index contributed by atoms with van der Waals surface area (Å²) in [6, 6.07) is 9.24. The van der Waals surface area contributed by atoms with Crippen molar-refractivity contribution in [2.24, 2.45) is 5.11 Å². The topological polar surface area (TPSA) is 78.2 Å². The summed E-state index contributed by atoms with van der Waals surface area (Å²) in [5.74, 6) is 0. The molecule has 0 saturated heterocycles. The normalized spacial score (nSPS) is 13.8. The first-order valence-corrected chi connectivity index (χ1v) is 5.62. The average Bonchev–Trinajstić information content (AvgIpc) is 2.39. The molecule has 0 aromatic heterocycles. The number of hydrogen-bond donors (Lipinski definition) is 1. The monoisotopic (exact) mass is 235 g/mol. The summed E-state index contributed by atoms with van der Waals surface area (Å²) in [7, 11) is 0. The highest BCUT2D eigenvalue weighted by atomic mass is 16.5. The van der Waals surface area contributed by atoms with E-state index in [4.69, 9.17) is 15.4 Å². The molecule has 92 valence electrons. The smallest absolute Gasteiger partial charge is 0.0867 e. The predicted octanol–water partition coefficient (Wildman–Crippen LogP) is 2.65. The summed E-state index contributed by atoms with van der Waals surface area (Å²) in [6.45, 7) is 2.19. The summed E-state index contributed by atoms with van der Waals surface area (Å²) >= 11 is 0. The zero-order chi connectivity index (χ0) is 12.5. The Morgan fingerprint density at radius 2 is 2.12 bits per heavy atom. The van der Waals surface area contributed by atoms with Gasteiger partial charge >= 0.3 is 0 Å². The molecular formula is C12H17N3O2. The van der Waals surface area contributed by atoms with E-state index in [0.717, 1.165) is 5.56 Å². The Labute approximate surface area is 101 Å². The Balaban J connectivity index is 2.55. The molecule has 0 bridgehead atoms. The van der Waals surface area contributed by atoms with Crippen molar-refractivity contribution in [2.45, 2.75) is 32.1 Å². The van der Waals surface area contributed by atoms with Crippen molar-refractivity contribution < 1.29 is 9.84 Å². The number of benzene rings is 1. The maximum atomic E-state index is 9.11. The minimum absolute atomic E-state index is 0.197. The zero-order valence-corrected chi connectivity index (χ0v) is 9.86. The van der Waals surface area contributed by atoms with Crippen LogP contribution in [0.1, 0.15) is 18.9 Å². The number of azide groups is 1. The molecule has 1 rings (SSSR count). The largest absolute Gasteiger partial charge is 0.396 e. The standard InChI is InChI=1S/C12H17N3O2/c1-2-12(11(8-16)14-15-13)17-9-10-6-4-3-5-7-10/h3-7,11-12,16H,2,8-9H2,1H3/t11-,12+/m1/s1. The molecule has 2 atom stereocenters. The Bertz CT molecular complexity index is 363. The molecule has 0 fully saturated rings. The van der Waals surface area contributed by atoms with Crippen LogP contribution in [-0.4, -0.2) is 23.9 Å². The van der Waals surface area contributed by atoms with E-state index in [2.05, 4.69) is 10.0 Å². The third kappa shape index (κ3) is 4.44. The van der Waals surface area contributed by atoms with Crippen LogP contribution < -0.4 is 0 Å². The van der Waals surface area contributed by atoms with Gasteiger partial charge in [-0.15, -0.1) is 0 Å². The zero-order valence-electron chi connectivity index (χ0n) is 9.86. The van der Waals surface area contributed by atoms with E-state index in [1.807, 2.05) is 37.3 Å². The second kappa shape index (κ2) is 7.68. The van der Waals surface area contributed by atoms with Gasteiger partial charge in [0.05, 0.1) is 25.4 Å². The van der Waals surface area contributed by atoms with Crippen molar-refractivity contribution in [3.05, 3.63) is 46.3 Å². The fourth-order valence-corrected chi connectivity index (χ4v) is 1.57. The summed E-state index contributed by atoms with van der Waals surface area (Å²) in [6.07, 6.45) is 0.438. The predicted molar refractivity (Wildman–Crippen MR) is 65.3 cm³/mol. The van der Waals surface area contributed by atoms with Gasteiger partial charge in [0.15, 0.2) is 0 Å². The van der Waals surface area contributed by atoms with Gasteiger partial charge < -0.3 is 9.84 Å². The Morgan fingerprint density at radius 3 is 2.65 bits per heavy atom. The molecule has 0 unspecified atom stereocenters. The van der Waals surface area contributed by atoms with Crippen molar-refractivity contribution in [2.75, 3.05) is 6.61 Å². The highest BCUT2D eigenvalue weighted by molar-refractivity contribution is 5.13. The molecule has 0 heterocycles. The molecule has 1 N–H and O–H groups in total. The van der Waals surface area contributed by atoms with Crippen LogP contribution in [0, 0.1) is 0 Å². The quantitative estimate of drug-likeness (QED) is 0.448. The van der Waals surface area contributed by atoms with Gasteiger partial charge in [-0.25, -0.2) is 0 Å². The molecule has 5 heteroatoms. The molecule has 0 aliphatic rings. The van der Waals surface area contributed by atoms with E-state index in [-0.39, 0.29) is 12.7 Å². The van der Waals surface area contributed by atoms with Gasteiger partial charge in [0, 0.05) is 4.91 Å². The van der Waals surface area contributed by atoms with Crippen LogP contribution in [-0.2, 0) is 11.3 Å². The van der Waals surface area contributed by atoms with Crippen LogP contribution in [0.25, 0.3) is 10.4 Å². The average molecular weight is 235 g/mol. The third-order valence-corrected chi connectivity index (χ3v) is 2.53. The van der Waals surface area contributed by atoms with Crippen molar-refractivity contribution in [3.8, 4) is 0 Å². The van der Waals surface area contributed by atoms with Gasteiger partial charge in [0.25, 0.3) is 0 Å². The van der Waals surface area contributed by atoms with Crippen LogP contribution >= 0.6 is 0 Å². The van der Waals surface area contributed by atoms with E-state index >= 15 is 0 Å². The maximum absolute atomic E-state index is 9.11. The first-order chi connectivity index (χ1) is 8.31. The SMILES string of the molecule is CC[C@H](OCc1ccccc1)[C@@H](CO)N=[N+]=[N-]. The second-order valence-corrected chi connectivity index (χ2v) is 3.70. The van der Waals surface area contributed by atoms with E-state index in [1.54, 1.807) is 0 Å². The van der Waals surface area contributed by atoms with Crippen molar-refractivity contribution in [1.82, 2.24) is 0 Å². The van der Waals surface area contributed by atoms with Gasteiger partial charge in [-0.05, 0) is 17.5 Å². The lowest BCUT2D eigenvalue weighted by Gasteiger charge is -2.21. The van der Waals surface area contributed by atoms with Crippen molar-refractivity contribution >= 4 is 0 Å². The minimum Gasteiger partial charge on any atom is -0.396 e. The summed E-state index contributed by atoms with van der Waals surface area (Å²) < 4.78 is 5.66. The fraction of sp³-hybridized carbons (Fsp3) is 0.500. The second-order valence-electron chi connectivity index (χ2n) is 3.70. The number of rotatable bonds is 7. The molecule has 0 amide bonds. The van der Waals surface area contributed by atoms with E-state index < -0.39 is 6.04 Å². The summed E-state index contributed by atoms with van der Waals surface area (Å²) in [5, 5.41) is 12.6. The Kier molecular flexibility index (Phi) is 6.10. The van der Waals surface area contributed by atoms with Gasteiger partial charge in [-0.3, -0.25) is 0 Å². The molecule has 0 saturated carbocycles. The van der Waals surface area contributed by atoms with Crippen molar-refractivity contribution in [1.29, 1.82) is 0 Å². The highest BCUT2D eigenvalue weighted by Gasteiger charge is 2.18. The van der Waals surface area contributed by atoms with Crippen LogP contribution in [0.3, 0.4) is 0 Å². The fourth-order valence-electron chi connectivity index (χ4n) is 1.57. The third-order valence-electron chi connectivity index (χ3n) is 2.53. The van der Waals surface area contributed by atoms with Crippen molar-refractivity contribution in [3.63, 3.8) is 0 Å². The molecule has 0 aliphatic heterocycles. The van der Waals surface area contributed by atoms with E-state index in [1.165, 1.54) is 0 Å². The van der Waals surface area contributed by atoms with Crippen LogP contribution in [0.5, 0.6) is 0 Å². The summed E-state index contributed by atoms with van der Waals surface area (Å²) in [4.78, 5) is 2.72. The van der Waals surface area contributed by atoms with Gasteiger partial charge in [-0.1, -0.05) is 42.4 Å².